The van der Waals surface area contributed by atoms with Crippen LogP contribution in [-0.4, -0.2) is 28.7 Å². The highest BCUT2D eigenvalue weighted by molar-refractivity contribution is 5.93. The number of hydrogen-bond acceptors (Lipinski definition) is 4. The van der Waals surface area contributed by atoms with Crippen LogP contribution in [0.5, 0.6) is 5.75 Å². The van der Waals surface area contributed by atoms with Crippen LogP contribution in [-0.2, 0) is 26.2 Å². The fourth-order valence-corrected chi connectivity index (χ4v) is 3.62. The van der Waals surface area contributed by atoms with Crippen molar-refractivity contribution in [2.24, 2.45) is 0 Å². The van der Waals surface area contributed by atoms with Crippen molar-refractivity contribution >= 4 is 5.91 Å². The van der Waals surface area contributed by atoms with Gasteiger partial charge in [-0.05, 0) is 23.3 Å². The van der Waals surface area contributed by atoms with E-state index in [9.17, 15) is 9.59 Å². The van der Waals surface area contributed by atoms with Gasteiger partial charge in [-0.1, -0.05) is 42.5 Å². The van der Waals surface area contributed by atoms with Gasteiger partial charge in [-0.25, -0.2) is 4.79 Å². The first-order chi connectivity index (χ1) is 14.2. The molecule has 0 saturated carbocycles. The molecule has 0 unspecified atom stereocenters. The number of imidazole rings is 1. The smallest absolute Gasteiger partial charge is 0.329 e. The molecule has 0 atom stereocenters. The summed E-state index contributed by atoms with van der Waals surface area (Å²) in [6.45, 7) is 2.53. The highest BCUT2D eigenvalue weighted by atomic mass is 16.5. The van der Waals surface area contributed by atoms with Gasteiger partial charge >= 0.3 is 5.69 Å². The van der Waals surface area contributed by atoms with Gasteiger partial charge in [0, 0.05) is 26.2 Å². The molecule has 0 aliphatic carbocycles. The summed E-state index contributed by atoms with van der Waals surface area (Å²) in [5.74, 6) is 0.524. The Balaban J connectivity index is 1.62. The molecule has 4 rings (SSSR count). The quantitative estimate of drug-likeness (QED) is 0.670. The summed E-state index contributed by atoms with van der Waals surface area (Å²) in [5.41, 5.74) is 2.97. The number of carbonyl (C=O) groups excluding carboxylic acids is 1. The Morgan fingerprint density at radius 3 is 2.59 bits per heavy atom. The standard InChI is InChI=1S/C22H24N4O3/c1-29-18-9-7-16(8-10-18)13-24-21(27)20-19-14-23-11-12-25(19)22(28)26(20)15-17-5-3-2-4-6-17/h2-10,23H,11-15H2,1H3,(H,24,27). The van der Waals surface area contributed by atoms with Crippen molar-refractivity contribution in [3.05, 3.63) is 87.6 Å². The number of nitrogens with one attached hydrogen (secondary N) is 2. The van der Waals surface area contributed by atoms with Gasteiger partial charge in [0.15, 0.2) is 0 Å². The van der Waals surface area contributed by atoms with Crippen molar-refractivity contribution in [1.29, 1.82) is 0 Å². The Labute approximate surface area is 168 Å². The van der Waals surface area contributed by atoms with E-state index >= 15 is 0 Å². The predicted molar refractivity (Wildman–Crippen MR) is 110 cm³/mol. The number of rotatable bonds is 6. The molecule has 1 aromatic heterocycles. The third-order valence-corrected chi connectivity index (χ3v) is 5.15. The van der Waals surface area contributed by atoms with Crippen LogP contribution >= 0.6 is 0 Å². The molecule has 1 aliphatic rings. The van der Waals surface area contributed by atoms with Gasteiger partial charge in [0.1, 0.15) is 11.4 Å². The zero-order chi connectivity index (χ0) is 20.2. The monoisotopic (exact) mass is 392 g/mol. The first kappa shape index (κ1) is 19.0. The molecule has 7 nitrogen and oxygen atoms in total. The summed E-state index contributed by atoms with van der Waals surface area (Å²) in [4.78, 5) is 26.1. The lowest BCUT2D eigenvalue weighted by Crippen LogP contribution is -2.34. The zero-order valence-corrected chi connectivity index (χ0v) is 16.4. The van der Waals surface area contributed by atoms with E-state index in [1.807, 2.05) is 54.6 Å². The van der Waals surface area contributed by atoms with Gasteiger partial charge in [-0.3, -0.25) is 13.9 Å². The SMILES string of the molecule is COc1ccc(CNC(=O)c2c3n(c(=O)n2Cc2ccccc2)CCNC3)cc1. The van der Waals surface area contributed by atoms with Crippen LogP contribution in [0.2, 0.25) is 0 Å². The van der Waals surface area contributed by atoms with Gasteiger partial charge < -0.3 is 15.4 Å². The van der Waals surface area contributed by atoms with Gasteiger partial charge in [0.2, 0.25) is 0 Å². The van der Waals surface area contributed by atoms with Gasteiger partial charge in [-0.15, -0.1) is 0 Å². The highest BCUT2D eigenvalue weighted by Gasteiger charge is 2.26. The van der Waals surface area contributed by atoms with E-state index in [4.69, 9.17) is 4.74 Å². The molecule has 0 radical (unpaired) electrons. The number of methoxy groups -OCH3 is 1. The number of benzene rings is 2. The fraction of sp³-hybridized carbons (Fsp3) is 0.273. The average Bonchev–Trinajstić information content (AvgIpc) is 3.05. The molecule has 2 aromatic carbocycles. The molecular formula is C22H24N4O3. The Morgan fingerprint density at radius 1 is 1.10 bits per heavy atom. The van der Waals surface area contributed by atoms with Crippen molar-refractivity contribution in [3.8, 4) is 5.75 Å². The van der Waals surface area contributed by atoms with Crippen LogP contribution in [0.15, 0.2) is 59.4 Å². The topological polar surface area (TPSA) is 77.3 Å². The average molecular weight is 392 g/mol. The molecule has 3 aromatic rings. The predicted octanol–water partition coefficient (Wildman–Crippen LogP) is 1.74. The first-order valence-corrected chi connectivity index (χ1v) is 9.65. The Morgan fingerprint density at radius 2 is 1.86 bits per heavy atom. The molecule has 0 saturated heterocycles. The van der Waals surface area contributed by atoms with E-state index in [1.54, 1.807) is 16.2 Å². The minimum Gasteiger partial charge on any atom is -0.497 e. The van der Waals surface area contributed by atoms with Crippen molar-refractivity contribution in [2.75, 3.05) is 13.7 Å². The molecule has 1 aliphatic heterocycles. The van der Waals surface area contributed by atoms with Crippen LogP contribution in [0, 0.1) is 0 Å². The van der Waals surface area contributed by atoms with E-state index in [-0.39, 0.29) is 11.6 Å². The molecule has 2 N–H and O–H groups in total. The first-order valence-electron chi connectivity index (χ1n) is 9.65. The third kappa shape index (κ3) is 3.95. The van der Waals surface area contributed by atoms with Gasteiger partial charge in [-0.2, -0.15) is 0 Å². The lowest BCUT2D eigenvalue weighted by molar-refractivity contribution is 0.0940. The summed E-state index contributed by atoms with van der Waals surface area (Å²) in [7, 11) is 1.62. The minimum atomic E-state index is -0.244. The molecule has 150 valence electrons. The van der Waals surface area contributed by atoms with Gasteiger partial charge in [0.05, 0.1) is 19.3 Å². The van der Waals surface area contributed by atoms with Crippen molar-refractivity contribution in [3.63, 3.8) is 0 Å². The Hall–Kier alpha value is -3.32. The molecule has 0 bridgehead atoms. The summed E-state index contributed by atoms with van der Waals surface area (Å²) < 4.78 is 8.46. The van der Waals surface area contributed by atoms with Crippen molar-refractivity contribution < 1.29 is 9.53 Å². The van der Waals surface area contributed by atoms with Crippen molar-refractivity contribution in [2.45, 2.75) is 26.2 Å². The number of ether oxygens (including phenoxy) is 1. The van der Waals surface area contributed by atoms with E-state index in [2.05, 4.69) is 10.6 Å². The molecule has 29 heavy (non-hydrogen) atoms. The van der Waals surface area contributed by atoms with E-state index in [0.717, 1.165) is 29.1 Å². The summed E-state index contributed by atoms with van der Waals surface area (Å²) in [6.07, 6.45) is 0. The third-order valence-electron chi connectivity index (χ3n) is 5.15. The lowest BCUT2D eigenvalue weighted by atomic mass is 10.2. The zero-order valence-electron chi connectivity index (χ0n) is 16.4. The van der Waals surface area contributed by atoms with E-state index < -0.39 is 0 Å². The largest absolute Gasteiger partial charge is 0.497 e. The maximum Gasteiger partial charge on any atom is 0.329 e. The summed E-state index contributed by atoms with van der Waals surface area (Å²) in [6, 6.07) is 17.3. The van der Waals surface area contributed by atoms with Crippen LogP contribution in [0.4, 0.5) is 0 Å². The van der Waals surface area contributed by atoms with Crippen molar-refractivity contribution in [1.82, 2.24) is 19.8 Å². The number of hydrogen-bond donors (Lipinski definition) is 2. The van der Waals surface area contributed by atoms with Crippen LogP contribution in [0.25, 0.3) is 0 Å². The number of amides is 1. The number of aromatic nitrogens is 2. The number of carbonyl (C=O) groups is 1. The molecule has 7 heteroatoms. The van der Waals surface area contributed by atoms with Gasteiger partial charge in [0.25, 0.3) is 5.91 Å². The maximum atomic E-state index is 13.1. The van der Waals surface area contributed by atoms with Crippen LogP contribution in [0.3, 0.4) is 0 Å². The summed E-state index contributed by atoms with van der Waals surface area (Å²) >= 11 is 0. The molecule has 0 fully saturated rings. The highest BCUT2D eigenvalue weighted by Crippen LogP contribution is 2.15. The van der Waals surface area contributed by atoms with Crippen LogP contribution in [0.1, 0.15) is 27.3 Å². The summed E-state index contributed by atoms with van der Waals surface area (Å²) in [5, 5.41) is 6.22. The van der Waals surface area contributed by atoms with E-state index in [0.29, 0.717) is 31.9 Å². The molecule has 0 spiro atoms. The maximum absolute atomic E-state index is 13.1. The molecular weight excluding hydrogens is 368 g/mol. The molecule has 1 amide bonds. The number of nitrogens with zero attached hydrogens (tertiary/aromatic N) is 2. The minimum absolute atomic E-state index is 0.139. The number of fused-ring (bicyclic) bond motifs is 1. The second kappa shape index (κ2) is 8.36. The fourth-order valence-electron chi connectivity index (χ4n) is 3.62. The van der Waals surface area contributed by atoms with Crippen LogP contribution < -0.4 is 21.1 Å². The van der Waals surface area contributed by atoms with E-state index in [1.165, 1.54) is 0 Å². The lowest BCUT2D eigenvalue weighted by Gasteiger charge is -2.16. The Bertz CT molecular complexity index is 1050. The normalized spacial score (nSPS) is 13.0. The second-order valence-electron chi connectivity index (χ2n) is 7.01. The molecule has 2 heterocycles. The second-order valence-corrected chi connectivity index (χ2v) is 7.01. The Kier molecular flexibility index (Phi) is 5.48.